The average molecular weight is 338 g/mol. The van der Waals surface area contributed by atoms with Crippen LogP contribution in [0, 0.1) is 17.8 Å². The summed E-state index contributed by atoms with van der Waals surface area (Å²) in [5, 5.41) is 13.6. The first-order valence-electron chi connectivity index (χ1n) is 10.9. The van der Waals surface area contributed by atoms with Crippen LogP contribution in [0.2, 0.25) is 0 Å². The van der Waals surface area contributed by atoms with Gasteiger partial charge in [0, 0.05) is 5.54 Å². The van der Waals surface area contributed by atoms with E-state index in [0.29, 0.717) is 5.92 Å². The first kappa shape index (κ1) is 20.2. The molecule has 0 saturated heterocycles. The van der Waals surface area contributed by atoms with E-state index < -0.39 is 0 Å². The summed E-state index contributed by atoms with van der Waals surface area (Å²) in [7, 11) is 2.14. The molecule has 0 aromatic carbocycles. The molecular formula is C22H43NO. The van der Waals surface area contributed by atoms with E-state index in [9.17, 15) is 5.11 Å². The van der Waals surface area contributed by atoms with Crippen LogP contribution in [0.15, 0.2) is 0 Å². The Kier molecular flexibility index (Phi) is 8.57. The van der Waals surface area contributed by atoms with Crippen molar-refractivity contribution in [2.75, 3.05) is 7.05 Å². The summed E-state index contributed by atoms with van der Waals surface area (Å²) in [5.41, 5.74) is 0.248. The number of rotatable bonds is 2. The summed E-state index contributed by atoms with van der Waals surface area (Å²) in [6, 6.07) is 0. The number of aliphatic hydroxyl groups excluding tert-OH is 1. The SMILES string of the molecule is CN[C@]1(C)CCC(C)CCCCCCCCCCC(C2CC2O)C1. The highest BCUT2D eigenvalue weighted by atomic mass is 16.3. The molecule has 2 aliphatic rings. The van der Waals surface area contributed by atoms with E-state index in [1.54, 1.807) is 0 Å². The Labute approximate surface area is 151 Å². The van der Waals surface area contributed by atoms with Gasteiger partial charge in [0.1, 0.15) is 0 Å². The van der Waals surface area contributed by atoms with Crippen LogP contribution in [0.5, 0.6) is 0 Å². The third-order valence-electron chi connectivity index (χ3n) is 6.94. The lowest BCUT2D eigenvalue weighted by molar-refractivity contribution is 0.189. The van der Waals surface area contributed by atoms with Gasteiger partial charge in [0.2, 0.25) is 0 Å². The van der Waals surface area contributed by atoms with Crippen LogP contribution in [0.4, 0.5) is 0 Å². The van der Waals surface area contributed by atoms with Gasteiger partial charge in [-0.25, -0.2) is 0 Å². The molecule has 2 aliphatic carbocycles. The van der Waals surface area contributed by atoms with Crippen LogP contribution in [-0.4, -0.2) is 23.8 Å². The summed E-state index contributed by atoms with van der Waals surface area (Å²) < 4.78 is 0. The first-order valence-corrected chi connectivity index (χ1v) is 10.9. The third kappa shape index (κ3) is 7.04. The van der Waals surface area contributed by atoms with Gasteiger partial charge >= 0.3 is 0 Å². The molecule has 0 aliphatic heterocycles. The maximum atomic E-state index is 9.98. The molecule has 0 radical (unpaired) electrons. The molecule has 142 valence electrons. The van der Waals surface area contributed by atoms with Gasteiger partial charge in [0.05, 0.1) is 6.10 Å². The van der Waals surface area contributed by atoms with E-state index in [1.165, 1.54) is 83.5 Å². The summed E-state index contributed by atoms with van der Waals surface area (Å²) in [6.07, 6.45) is 19.0. The van der Waals surface area contributed by atoms with Gasteiger partial charge in [-0.2, -0.15) is 0 Å². The van der Waals surface area contributed by atoms with Crippen LogP contribution >= 0.6 is 0 Å². The van der Waals surface area contributed by atoms with Crippen molar-refractivity contribution in [1.82, 2.24) is 5.32 Å². The molecule has 0 spiro atoms. The Morgan fingerprint density at radius 1 is 0.875 bits per heavy atom. The molecule has 4 unspecified atom stereocenters. The molecule has 5 atom stereocenters. The Morgan fingerprint density at radius 2 is 1.42 bits per heavy atom. The monoisotopic (exact) mass is 337 g/mol. The van der Waals surface area contributed by atoms with Crippen LogP contribution in [0.3, 0.4) is 0 Å². The number of hydrogen-bond acceptors (Lipinski definition) is 2. The predicted molar refractivity (Wildman–Crippen MR) is 104 cm³/mol. The van der Waals surface area contributed by atoms with E-state index in [4.69, 9.17) is 0 Å². The number of hydrogen-bond donors (Lipinski definition) is 2. The molecule has 2 fully saturated rings. The van der Waals surface area contributed by atoms with Crippen molar-refractivity contribution < 1.29 is 5.11 Å². The smallest absolute Gasteiger partial charge is 0.0575 e. The van der Waals surface area contributed by atoms with Crippen LogP contribution in [0.1, 0.15) is 104 Å². The molecule has 0 aromatic heterocycles. The summed E-state index contributed by atoms with van der Waals surface area (Å²) in [6.45, 7) is 4.87. The molecule has 0 aromatic rings. The second kappa shape index (κ2) is 10.2. The molecule has 2 heteroatoms. The average Bonchev–Trinajstić information content (AvgIpc) is 3.29. The highest BCUT2D eigenvalue weighted by Crippen LogP contribution is 2.44. The minimum absolute atomic E-state index is 0.000579. The Bertz CT molecular complexity index is 345. The molecule has 2 rings (SSSR count). The third-order valence-corrected chi connectivity index (χ3v) is 6.94. The summed E-state index contributed by atoms with van der Waals surface area (Å²) >= 11 is 0. The van der Waals surface area contributed by atoms with Crippen molar-refractivity contribution in [3.05, 3.63) is 0 Å². The topological polar surface area (TPSA) is 32.3 Å². The lowest BCUT2D eigenvalue weighted by Gasteiger charge is -2.35. The quantitative estimate of drug-likeness (QED) is 0.679. The lowest BCUT2D eigenvalue weighted by Crippen LogP contribution is -2.42. The van der Waals surface area contributed by atoms with E-state index in [2.05, 4.69) is 26.2 Å². The summed E-state index contributed by atoms with van der Waals surface area (Å²) in [5.74, 6) is 2.17. The molecule has 0 heterocycles. The van der Waals surface area contributed by atoms with Gasteiger partial charge in [0.25, 0.3) is 0 Å². The lowest BCUT2D eigenvalue weighted by atomic mass is 9.79. The minimum Gasteiger partial charge on any atom is -0.393 e. The Hall–Kier alpha value is -0.0800. The maximum absolute atomic E-state index is 9.98. The predicted octanol–water partition coefficient (Wildman–Crippen LogP) is 5.68. The molecule has 0 amide bonds. The molecular weight excluding hydrogens is 294 g/mol. The van der Waals surface area contributed by atoms with Crippen LogP contribution in [-0.2, 0) is 0 Å². The van der Waals surface area contributed by atoms with Crippen LogP contribution in [0.25, 0.3) is 0 Å². The van der Waals surface area contributed by atoms with Gasteiger partial charge in [-0.15, -0.1) is 0 Å². The van der Waals surface area contributed by atoms with Gasteiger partial charge in [-0.1, -0.05) is 71.1 Å². The number of nitrogens with one attached hydrogen (secondary N) is 1. The maximum Gasteiger partial charge on any atom is 0.0575 e. The normalized spacial score (nSPS) is 41.0. The Balaban J connectivity index is 1.92. The first-order chi connectivity index (χ1) is 11.5. The fourth-order valence-corrected chi connectivity index (χ4v) is 4.75. The molecule has 0 bridgehead atoms. The molecule has 24 heavy (non-hydrogen) atoms. The zero-order valence-corrected chi connectivity index (χ0v) is 16.7. The van der Waals surface area contributed by atoms with Crippen molar-refractivity contribution in [3.63, 3.8) is 0 Å². The summed E-state index contributed by atoms with van der Waals surface area (Å²) in [4.78, 5) is 0. The van der Waals surface area contributed by atoms with Crippen molar-refractivity contribution in [2.45, 2.75) is 115 Å². The van der Waals surface area contributed by atoms with Gasteiger partial charge in [-0.05, 0) is 57.4 Å². The van der Waals surface area contributed by atoms with E-state index in [-0.39, 0.29) is 11.6 Å². The van der Waals surface area contributed by atoms with Crippen molar-refractivity contribution in [3.8, 4) is 0 Å². The standard InChI is InChI=1S/C22H43NO/c1-18-12-10-8-6-4-5-7-9-11-13-19(20-16-21(20)24)17-22(2,23-3)15-14-18/h18-21,23-24H,4-17H2,1-3H3/t18?,19?,20?,21?,22-/m1/s1. The van der Waals surface area contributed by atoms with Gasteiger partial charge < -0.3 is 10.4 Å². The fraction of sp³-hybridized carbons (Fsp3) is 1.00. The van der Waals surface area contributed by atoms with E-state index in [1.807, 2.05) is 0 Å². The zero-order valence-electron chi connectivity index (χ0n) is 16.7. The van der Waals surface area contributed by atoms with Crippen LogP contribution < -0.4 is 5.32 Å². The largest absolute Gasteiger partial charge is 0.393 e. The molecule has 2 N–H and O–H groups in total. The highest BCUT2D eigenvalue weighted by molar-refractivity contribution is 4.96. The second-order valence-electron chi connectivity index (χ2n) is 9.29. The van der Waals surface area contributed by atoms with Crippen molar-refractivity contribution in [2.24, 2.45) is 17.8 Å². The van der Waals surface area contributed by atoms with E-state index in [0.717, 1.165) is 18.3 Å². The Morgan fingerprint density at radius 3 is 1.96 bits per heavy atom. The zero-order chi connectivity index (χ0) is 17.4. The fourth-order valence-electron chi connectivity index (χ4n) is 4.75. The minimum atomic E-state index is 0.000579. The van der Waals surface area contributed by atoms with E-state index >= 15 is 0 Å². The molecule has 2 saturated carbocycles. The van der Waals surface area contributed by atoms with Crippen molar-refractivity contribution in [1.29, 1.82) is 0 Å². The highest BCUT2D eigenvalue weighted by Gasteiger charge is 2.43. The van der Waals surface area contributed by atoms with Gasteiger partial charge in [0.15, 0.2) is 0 Å². The van der Waals surface area contributed by atoms with Crippen molar-refractivity contribution >= 4 is 0 Å². The van der Waals surface area contributed by atoms with Gasteiger partial charge in [-0.3, -0.25) is 0 Å². The second-order valence-corrected chi connectivity index (χ2v) is 9.29. The number of aliphatic hydroxyl groups is 1. The molecule has 2 nitrogen and oxygen atoms in total.